The summed E-state index contributed by atoms with van der Waals surface area (Å²) in [5, 5.41) is 0. The molecule has 0 bridgehead atoms. The van der Waals surface area contributed by atoms with E-state index in [9.17, 15) is 8.42 Å². The fraction of sp³-hybridized carbons (Fsp3) is 0.647. The lowest BCUT2D eigenvalue weighted by atomic mass is 10.0. The van der Waals surface area contributed by atoms with Crippen LogP contribution in [0.4, 0.5) is 5.69 Å². The molecule has 23 heavy (non-hydrogen) atoms. The molecule has 1 aliphatic carbocycles. The van der Waals surface area contributed by atoms with Crippen LogP contribution in [0.25, 0.3) is 0 Å². The quantitative estimate of drug-likeness (QED) is 0.840. The van der Waals surface area contributed by atoms with Gasteiger partial charge in [-0.2, -0.15) is 0 Å². The molecule has 1 saturated carbocycles. The van der Waals surface area contributed by atoms with Gasteiger partial charge in [0.2, 0.25) is 10.0 Å². The van der Waals surface area contributed by atoms with E-state index in [1.165, 1.54) is 12.8 Å². The van der Waals surface area contributed by atoms with Crippen LogP contribution >= 0.6 is 0 Å². The lowest BCUT2D eigenvalue weighted by molar-refractivity contribution is 0.0820. The third-order valence-corrected chi connectivity index (χ3v) is 8.17. The molecule has 0 aromatic heterocycles. The Labute approximate surface area is 138 Å². The monoisotopic (exact) mass is 336 g/mol. The summed E-state index contributed by atoms with van der Waals surface area (Å²) in [4.78, 5) is 2.33. The minimum absolute atomic E-state index is 0.267. The second-order valence-corrected chi connectivity index (χ2v) is 9.29. The van der Waals surface area contributed by atoms with Gasteiger partial charge in [0.05, 0.1) is 18.3 Å². The highest BCUT2D eigenvalue weighted by Gasteiger charge is 2.62. The van der Waals surface area contributed by atoms with E-state index in [4.69, 9.17) is 4.74 Å². The molecule has 0 amide bonds. The van der Waals surface area contributed by atoms with Crippen LogP contribution < -0.4 is 4.31 Å². The van der Waals surface area contributed by atoms with Gasteiger partial charge in [-0.25, -0.2) is 8.42 Å². The first kappa shape index (κ1) is 15.4. The maximum absolute atomic E-state index is 13.4. The second kappa shape index (κ2) is 5.46. The molecule has 5 nitrogen and oxygen atoms in total. The molecule has 0 N–H and O–H groups in total. The van der Waals surface area contributed by atoms with Gasteiger partial charge >= 0.3 is 0 Å². The number of ether oxygens (including phenoxy) is 1. The lowest BCUT2D eigenvalue weighted by Crippen LogP contribution is -2.48. The number of para-hydroxylation sites is 1. The first-order chi connectivity index (χ1) is 11.1. The summed E-state index contributed by atoms with van der Waals surface area (Å²) in [6.45, 7) is 2.92. The zero-order valence-corrected chi connectivity index (χ0v) is 14.3. The van der Waals surface area contributed by atoms with Crippen molar-refractivity contribution in [3.63, 3.8) is 0 Å². The van der Waals surface area contributed by atoms with Crippen molar-refractivity contribution in [3.05, 3.63) is 30.3 Å². The predicted octanol–water partition coefficient (Wildman–Crippen LogP) is 1.71. The molecule has 1 aromatic rings. The molecule has 0 unspecified atom stereocenters. The first-order valence-corrected chi connectivity index (χ1v) is 9.83. The number of methoxy groups -OCH3 is 1. The van der Waals surface area contributed by atoms with Gasteiger partial charge in [0, 0.05) is 20.2 Å². The van der Waals surface area contributed by atoms with Crippen LogP contribution in [0.1, 0.15) is 19.3 Å². The summed E-state index contributed by atoms with van der Waals surface area (Å²) >= 11 is 0. The Kier molecular flexibility index (Phi) is 3.66. The van der Waals surface area contributed by atoms with Crippen molar-refractivity contribution < 1.29 is 13.2 Å². The number of rotatable bonds is 4. The molecule has 2 saturated heterocycles. The maximum atomic E-state index is 13.4. The van der Waals surface area contributed by atoms with Crippen LogP contribution in [0.15, 0.2) is 30.3 Å². The Morgan fingerprint density at radius 2 is 2.00 bits per heavy atom. The minimum atomic E-state index is -3.42. The van der Waals surface area contributed by atoms with Crippen molar-refractivity contribution in [1.29, 1.82) is 0 Å². The van der Waals surface area contributed by atoms with Crippen molar-refractivity contribution in [2.45, 2.75) is 30.1 Å². The van der Waals surface area contributed by atoms with E-state index in [0.29, 0.717) is 19.5 Å². The molecule has 6 heteroatoms. The van der Waals surface area contributed by atoms with Gasteiger partial charge in [0.15, 0.2) is 0 Å². The van der Waals surface area contributed by atoms with Gasteiger partial charge in [0.25, 0.3) is 0 Å². The molecule has 3 aliphatic rings. The molecule has 1 spiro atoms. The van der Waals surface area contributed by atoms with Gasteiger partial charge in [0.1, 0.15) is 4.75 Å². The Balaban J connectivity index is 1.65. The second-order valence-electron chi connectivity index (χ2n) is 7.09. The van der Waals surface area contributed by atoms with Gasteiger partial charge in [-0.3, -0.25) is 4.31 Å². The van der Waals surface area contributed by atoms with Crippen LogP contribution in [0.3, 0.4) is 0 Å². The van der Waals surface area contributed by atoms with E-state index >= 15 is 0 Å². The first-order valence-electron chi connectivity index (χ1n) is 8.39. The van der Waals surface area contributed by atoms with Crippen LogP contribution in [-0.4, -0.2) is 57.5 Å². The van der Waals surface area contributed by atoms with E-state index in [2.05, 4.69) is 4.90 Å². The fourth-order valence-electron chi connectivity index (χ4n) is 4.11. The zero-order valence-electron chi connectivity index (χ0n) is 13.5. The number of anilines is 1. The summed E-state index contributed by atoms with van der Waals surface area (Å²) in [7, 11) is -1.78. The Morgan fingerprint density at radius 3 is 2.65 bits per heavy atom. The van der Waals surface area contributed by atoms with Crippen LogP contribution in [0.2, 0.25) is 0 Å². The smallest absolute Gasteiger partial charge is 0.244 e. The van der Waals surface area contributed by atoms with Crippen molar-refractivity contribution >= 4 is 15.7 Å². The van der Waals surface area contributed by atoms with Crippen molar-refractivity contribution in [1.82, 2.24) is 4.90 Å². The van der Waals surface area contributed by atoms with Gasteiger partial charge in [-0.1, -0.05) is 18.2 Å². The number of likely N-dealkylation sites (tertiary alicyclic amines) is 1. The average Bonchev–Trinajstić information content (AvgIpc) is 3.21. The summed E-state index contributed by atoms with van der Waals surface area (Å²) in [5.74, 6) is 0.778. The van der Waals surface area contributed by atoms with Crippen LogP contribution in [0, 0.1) is 5.92 Å². The molecular weight excluding hydrogens is 312 g/mol. The molecule has 2 aliphatic heterocycles. The third kappa shape index (κ3) is 2.39. The molecule has 1 aromatic carbocycles. The molecule has 2 atom stereocenters. The van der Waals surface area contributed by atoms with E-state index in [1.807, 2.05) is 30.3 Å². The van der Waals surface area contributed by atoms with Gasteiger partial charge < -0.3 is 9.64 Å². The largest absolute Gasteiger partial charge is 0.378 e. The summed E-state index contributed by atoms with van der Waals surface area (Å²) in [5.41, 5.74) is 0.743. The molecule has 3 fully saturated rings. The highest BCUT2D eigenvalue weighted by Crippen LogP contribution is 2.45. The highest BCUT2D eigenvalue weighted by molar-refractivity contribution is 7.94. The van der Waals surface area contributed by atoms with Crippen LogP contribution in [-0.2, 0) is 14.8 Å². The average molecular weight is 336 g/mol. The standard InChI is InChI=1S/C17H24N2O3S/c1-22-16-12-19(15-5-3-2-4-6-15)23(20,21)17(16)9-10-18(13-17)11-14-7-8-14/h2-6,14,16H,7-13H2,1H3/t16-,17-/m1/s1. The topological polar surface area (TPSA) is 49.9 Å². The molecule has 2 heterocycles. The van der Waals surface area contributed by atoms with E-state index in [0.717, 1.165) is 24.7 Å². The van der Waals surface area contributed by atoms with E-state index in [-0.39, 0.29) is 6.10 Å². The summed E-state index contributed by atoms with van der Waals surface area (Å²) in [6, 6.07) is 9.39. The van der Waals surface area contributed by atoms with E-state index < -0.39 is 14.8 Å². The van der Waals surface area contributed by atoms with Crippen molar-refractivity contribution in [3.8, 4) is 0 Å². The maximum Gasteiger partial charge on any atom is 0.244 e. The number of hydrogen-bond acceptors (Lipinski definition) is 4. The predicted molar refractivity (Wildman–Crippen MR) is 90.0 cm³/mol. The zero-order chi connectivity index (χ0) is 16.1. The number of hydrogen-bond donors (Lipinski definition) is 0. The summed E-state index contributed by atoms with van der Waals surface area (Å²) in [6.07, 6.45) is 2.99. The number of sulfonamides is 1. The SMILES string of the molecule is CO[C@@H]1CN(c2ccccc2)S(=O)(=O)[C@@]12CCN(CC1CC1)C2. The molecule has 126 valence electrons. The van der Waals surface area contributed by atoms with Crippen molar-refractivity contribution in [2.24, 2.45) is 5.92 Å². The molecule has 0 radical (unpaired) electrons. The summed E-state index contributed by atoms with van der Waals surface area (Å²) < 4.78 is 33.1. The third-order valence-electron chi connectivity index (χ3n) is 5.61. The fourth-order valence-corrected chi connectivity index (χ4v) is 6.47. The number of nitrogens with zero attached hydrogens (tertiary/aromatic N) is 2. The Hall–Kier alpha value is -1.11. The minimum Gasteiger partial charge on any atom is -0.378 e. The van der Waals surface area contributed by atoms with Crippen LogP contribution in [0.5, 0.6) is 0 Å². The lowest BCUT2D eigenvalue weighted by Gasteiger charge is -2.28. The highest BCUT2D eigenvalue weighted by atomic mass is 32.2. The Bertz CT molecular complexity index is 674. The number of benzene rings is 1. The Morgan fingerprint density at radius 1 is 1.26 bits per heavy atom. The molecule has 4 rings (SSSR count). The molecular formula is C17H24N2O3S. The normalized spacial score (nSPS) is 33.6. The van der Waals surface area contributed by atoms with Gasteiger partial charge in [-0.05, 0) is 43.9 Å². The van der Waals surface area contributed by atoms with Crippen molar-refractivity contribution in [2.75, 3.05) is 37.6 Å². The van der Waals surface area contributed by atoms with E-state index in [1.54, 1.807) is 11.4 Å². The van der Waals surface area contributed by atoms with Gasteiger partial charge in [-0.15, -0.1) is 0 Å².